The highest BCUT2D eigenvalue weighted by Gasteiger charge is 2.08. The van der Waals surface area contributed by atoms with Gasteiger partial charge in [0.05, 0.1) is 12.8 Å². The molecular formula is C12H11N5O. The van der Waals surface area contributed by atoms with Gasteiger partial charge in [-0.2, -0.15) is 9.50 Å². The standard InChI is InChI=1S/C12H11N5O/c1-18-9-4-2-3-8(7-9)10-5-6-14-12-15-11(13)16-17(10)12/h2-7H,1H3,(H2,13,16). The highest BCUT2D eigenvalue weighted by molar-refractivity contribution is 5.63. The van der Waals surface area contributed by atoms with Crippen LogP contribution in [-0.4, -0.2) is 26.7 Å². The summed E-state index contributed by atoms with van der Waals surface area (Å²) in [6.07, 6.45) is 1.68. The molecule has 6 heteroatoms. The Morgan fingerprint density at radius 3 is 3.00 bits per heavy atom. The van der Waals surface area contributed by atoms with Crippen LogP contribution in [0.2, 0.25) is 0 Å². The molecule has 0 aliphatic heterocycles. The number of ether oxygens (including phenoxy) is 1. The number of hydrogen-bond acceptors (Lipinski definition) is 5. The first-order valence-electron chi connectivity index (χ1n) is 5.39. The van der Waals surface area contributed by atoms with E-state index in [4.69, 9.17) is 10.5 Å². The van der Waals surface area contributed by atoms with E-state index >= 15 is 0 Å². The van der Waals surface area contributed by atoms with Gasteiger partial charge in [-0.05, 0) is 18.2 Å². The summed E-state index contributed by atoms with van der Waals surface area (Å²) >= 11 is 0. The Morgan fingerprint density at radius 2 is 2.17 bits per heavy atom. The molecule has 0 unspecified atom stereocenters. The number of anilines is 1. The summed E-state index contributed by atoms with van der Waals surface area (Å²) in [4.78, 5) is 8.14. The molecule has 0 spiro atoms. The second kappa shape index (κ2) is 3.99. The van der Waals surface area contributed by atoms with Gasteiger partial charge in [0.1, 0.15) is 5.75 Å². The van der Waals surface area contributed by atoms with Crippen molar-refractivity contribution in [2.75, 3.05) is 12.8 Å². The molecule has 0 saturated carbocycles. The molecule has 1 aromatic carbocycles. The summed E-state index contributed by atoms with van der Waals surface area (Å²) < 4.78 is 6.82. The van der Waals surface area contributed by atoms with Gasteiger partial charge >= 0.3 is 0 Å². The van der Waals surface area contributed by atoms with Crippen LogP contribution in [-0.2, 0) is 0 Å². The molecule has 6 nitrogen and oxygen atoms in total. The molecule has 0 fully saturated rings. The molecule has 0 bridgehead atoms. The highest BCUT2D eigenvalue weighted by atomic mass is 16.5. The summed E-state index contributed by atoms with van der Waals surface area (Å²) in [7, 11) is 1.63. The number of aromatic nitrogens is 4. The molecule has 0 saturated heterocycles. The number of nitrogen functional groups attached to an aromatic ring is 1. The van der Waals surface area contributed by atoms with Crippen LogP contribution in [0, 0.1) is 0 Å². The first-order chi connectivity index (χ1) is 8.78. The van der Waals surface area contributed by atoms with Crippen LogP contribution in [0.5, 0.6) is 5.75 Å². The van der Waals surface area contributed by atoms with E-state index < -0.39 is 0 Å². The van der Waals surface area contributed by atoms with Gasteiger partial charge in [-0.25, -0.2) is 4.98 Å². The van der Waals surface area contributed by atoms with Crippen LogP contribution in [0.15, 0.2) is 36.5 Å². The molecule has 3 rings (SSSR count). The topological polar surface area (TPSA) is 78.3 Å². The molecule has 2 heterocycles. The minimum atomic E-state index is 0.206. The number of nitrogens with zero attached hydrogens (tertiary/aromatic N) is 4. The number of methoxy groups -OCH3 is 1. The van der Waals surface area contributed by atoms with E-state index in [2.05, 4.69) is 15.1 Å². The maximum Gasteiger partial charge on any atom is 0.254 e. The van der Waals surface area contributed by atoms with E-state index in [1.807, 2.05) is 30.3 Å². The number of hydrogen-bond donors (Lipinski definition) is 1. The molecule has 0 amide bonds. The zero-order chi connectivity index (χ0) is 12.5. The van der Waals surface area contributed by atoms with E-state index in [1.54, 1.807) is 17.8 Å². The molecule has 0 atom stereocenters. The minimum absolute atomic E-state index is 0.206. The fourth-order valence-corrected chi connectivity index (χ4v) is 1.81. The Labute approximate surface area is 103 Å². The van der Waals surface area contributed by atoms with Crippen molar-refractivity contribution >= 4 is 11.7 Å². The molecule has 0 aliphatic rings. The Bertz CT molecular complexity index is 707. The zero-order valence-corrected chi connectivity index (χ0v) is 9.74. The lowest BCUT2D eigenvalue weighted by Gasteiger charge is -2.05. The maximum atomic E-state index is 5.59. The number of rotatable bonds is 2. The minimum Gasteiger partial charge on any atom is -0.497 e. The number of nitrogens with two attached hydrogens (primary N) is 1. The lowest BCUT2D eigenvalue weighted by molar-refractivity contribution is 0.415. The van der Waals surface area contributed by atoms with Crippen molar-refractivity contribution in [3.05, 3.63) is 36.5 Å². The predicted octanol–water partition coefficient (Wildman–Crippen LogP) is 1.38. The summed E-state index contributed by atoms with van der Waals surface area (Å²) in [5, 5.41) is 4.12. The molecule has 0 radical (unpaired) electrons. The van der Waals surface area contributed by atoms with Gasteiger partial charge < -0.3 is 10.5 Å². The van der Waals surface area contributed by atoms with Crippen LogP contribution in [0.3, 0.4) is 0 Å². The highest BCUT2D eigenvalue weighted by Crippen LogP contribution is 2.23. The van der Waals surface area contributed by atoms with Gasteiger partial charge in [-0.1, -0.05) is 12.1 Å². The third-order valence-electron chi connectivity index (χ3n) is 2.62. The van der Waals surface area contributed by atoms with Gasteiger partial charge in [-0.15, -0.1) is 5.10 Å². The summed E-state index contributed by atoms with van der Waals surface area (Å²) in [5.74, 6) is 1.47. The van der Waals surface area contributed by atoms with Crippen LogP contribution in [0.1, 0.15) is 0 Å². The Hall–Kier alpha value is -2.63. The fraction of sp³-hybridized carbons (Fsp3) is 0.0833. The van der Waals surface area contributed by atoms with Crippen LogP contribution >= 0.6 is 0 Å². The molecule has 2 N–H and O–H groups in total. The van der Waals surface area contributed by atoms with E-state index in [0.29, 0.717) is 5.78 Å². The second-order valence-electron chi connectivity index (χ2n) is 3.74. The van der Waals surface area contributed by atoms with E-state index in [-0.39, 0.29) is 5.95 Å². The van der Waals surface area contributed by atoms with Crippen LogP contribution in [0.4, 0.5) is 5.95 Å². The van der Waals surface area contributed by atoms with Gasteiger partial charge in [-0.3, -0.25) is 0 Å². The normalized spacial score (nSPS) is 10.7. The van der Waals surface area contributed by atoms with E-state index in [9.17, 15) is 0 Å². The third kappa shape index (κ3) is 1.64. The molecular weight excluding hydrogens is 230 g/mol. The van der Waals surface area contributed by atoms with Crippen molar-refractivity contribution in [1.29, 1.82) is 0 Å². The van der Waals surface area contributed by atoms with Crippen molar-refractivity contribution in [3.8, 4) is 17.0 Å². The lowest BCUT2D eigenvalue weighted by atomic mass is 10.1. The first kappa shape index (κ1) is 10.5. The number of benzene rings is 1. The van der Waals surface area contributed by atoms with Crippen molar-refractivity contribution in [3.63, 3.8) is 0 Å². The largest absolute Gasteiger partial charge is 0.497 e. The van der Waals surface area contributed by atoms with Crippen molar-refractivity contribution in [1.82, 2.24) is 19.6 Å². The molecule has 2 aromatic heterocycles. The average Bonchev–Trinajstić information content (AvgIpc) is 2.78. The van der Waals surface area contributed by atoms with Crippen molar-refractivity contribution < 1.29 is 4.74 Å². The van der Waals surface area contributed by atoms with Crippen molar-refractivity contribution in [2.45, 2.75) is 0 Å². The fourth-order valence-electron chi connectivity index (χ4n) is 1.81. The van der Waals surface area contributed by atoms with E-state index in [0.717, 1.165) is 17.0 Å². The smallest absolute Gasteiger partial charge is 0.254 e. The summed E-state index contributed by atoms with van der Waals surface area (Å²) in [6, 6.07) is 9.55. The summed E-state index contributed by atoms with van der Waals surface area (Å²) in [6.45, 7) is 0. The molecule has 0 aliphatic carbocycles. The monoisotopic (exact) mass is 241 g/mol. The van der Waals surface area contributed by atoms with E-state index in [1.165, 1.54) is 0 Å². The molecule has 90 valence electrons. The van der Waals surface area contributed by atoms with Gasteiger partial charge in [0.25, 0.3) is 5.78 Å². The molecule has 18 heavy (non-hydrogen) atoms. The van der Waals surface area contributed by atoms with Crippen molar-refractivity contribution in [2.24, 2.45) is 0 Å². The summed E-state index contributed by atoms with van der Waals surface area (Å²) in [5.41, 5.74) is 7.41. The number of fused-ring (bicyclic) bond motifs is 1. The van der Waals surface area contributed by atoms with Gasteiger partial charge in [0.2, 0.25) is 5.95 Å². The Morgan fingerprint density at radius 1 is 1.28 bits per heavy atom. The lowest BCUT2D eigenvalue weighted by Crippen LogP contribution is -1.96. The predicted molar refractivity (Wildman–Crippen MR) is 67.2 cm³/mol. The second-order valence-corrected chi connectivity index (χ2v) is 3.74. The van der Waals surface area contributed by atoms with Crippen LogP contribution in [0.25, 0.3) is 17.0 Å². The quantitative estimate of drug-likeness (QED) is 0.733. The van der Waals surface area contributed by atoms with Gasteiger partial charge in [0.15, 0.2) is 0 Å². The Kier molecular flexibility index (Phi) is 2.33. The van der Waals surface area contributed by atoms with Gasteiger partial charge in [0, 0.05) is 11.8 Å². The molecule has 3 aromatic rings. The zero-order valence-electron chi connectivity index (χ0n) is 9.74. The first-order valence-corrected chi connectivity index (χ1v) is 5.39. The Balaban J connectivity index is 2.24. The SMILES string of the molecule is COc1cccc(-c2ccnc3nc(N)nn23)c1. The maximum absolute atomic E-state index is 5.59. The average molecular weight is 241 g/mol. The van der Waals surface area contributed by atoms with Crippen LogP contribution < -0.4 is 10.5 Å². The third-order valence-corrected chi connectivity index (χ3v) is 2.62.